The first-order valence-electron chi connectivity index (χ1n) is 7.47. The number of aromatic nitrogens is 3. The third kappa shape index (κ3) is 5.07. The molecule has 0 aliphatic rings. The second kappa shape index (κ2) is 8.30. The Labute approximate surface area is 150 Å². The maximum Gasteiger partial charge on any atom is 0.234 e. The van der Waals surface area contributed by atoms with Crippen molar-refractivity contribution in [2.45, 2.75) is 37.1 Å². The molecule has 0 fully saturated rings. The van der Waals surface area contributed by atoms with Gasteiger partial charge in [0.1, 0.15) is 0 Å². The Morgan fingerprint density at radius 1 is 1.12 bits per heavy atom. The highest BCUT2D eigenvalue weighted by Gasteiger charge is 2.14. The van der Waals surface area contributed by atoms with Crippen LogP contribution in [-0.2, 0) is 4.79 Å². The van der Waals surface area contributed by atoms with Crippen molar-refractivity contribution in [1.29, 1.82) is 0 Å². The molecule has 2 N–H and O–H groups in total. The average molecular weight is 366 g/mol. The lowest BCUT2D eigenvalue weighted by Gasteiger charge is -2.16. The van der Waals surface area contributed by atoms with Crippen molar-refractivity contribution in [1.82, 2.24) is 15.0 Å². The monoisotopic (exact) mass is 365 g/mol. The summed E-state index contributed by atoms with van der Waals surface area (Å²) in [7, 11) is 0. The summed E-state index contributed by atoms with van der Waals surface area (Å²) in [6, 6.07) is 8.25. The standard InChI is InChI=1S/C16H20ClN5OS/c1-9(17)14-20-15(22-16(21-14)19-11(3)23)18-10(2)12-5-7-13(24-4)8-6-12/h5-10H,1-4H3,(H2,18,19,20,21,22,23). The maximum absolute atomic E-state index is 11.2. The third-order valence-electron chi connectivity index (χ3n) is 3.26. The molecule has 2 rings (SSSR count). The minimum Gasteiger partial charge on any atom is -0.348 e. The molecule has 0 aliphatic heterocycles. The summed E-state index contributed by atoms with van der Waals surface area (Å²) in [5, 5.41) is 5.40. The summed E-state index contributed by atoms with van der Waals surface area (Å²) >= 11 is 7.77. The normalized spacial score (nSPS) is 13.2. The van der Waals surface area contributed by atoms with Gasteiger partial charge >= 0.3 is 0 Å². The zero-order chi connectivity index (χ0) is 17.7. The molecule has 0 spiro atoms. The Bertz CT molecular complexity index is 708. The van der Waals surface area contributed by atoms with Crippen LogP contribution in [0.15, 0.2) is 29.2 Å². The van der Waals surface area contributed by atoms with Crippen molar-refractivity contribution in [3.63, 3.8) is 0 Å². The molecule has 1 heterocycles. The van der Waals surface area contributed by atoms with Crippen LogP contribution in [0.2, 0.25) is 0 Å². The first kappa shape index (κ1) is 18.5. The summed E-state index contributed by atoms with van der Waals surface area (Å²) in [5.74, 6) is 0.717. The van der Waals surface area contributed by atoms with Gasteiger partial charge in [0.15, 0.2) is 5.82 Å². The number of thioether (sulfide) groups is 1. The molecule has 8 heteroatoms. The number of benzene rings is 1. The summed E-state index contributed by atoms with van der Waals surface area (Å²) in [4.78, 5) is 25.1. The number of anilines is 2. The number of nitrogens with one attached hydrogen (secondary N) is 2. The van der Waals surface area contributed by atoms with E-state index in [4.69, 9.17) is 11.6 Å². The zero-order valence-electron chi connectivity index (χ0n) is 14.0. The van der Waals surface area contributed by atoms with Crippen LogP contribution in [0.25, 0.3) is 0 Å². The van der Waals surface area contributed by atoms with Gasteiger partial charge in [-0.05, 0) is 37.8 Å². The molecule has 6 nitrogen and oxygen atoms in total. The van der Waals surface area contributed by atoms with Gasteiger partial charge in [-0.1, -0.05) is 12.1 Å². The predicted molar refractivity (Wildman–Crippen MR) is 98.7 cm³/mol. The van der Waals surface area contributed by atoms with Crippen molar-refractivity contribution in [2.24, 2.45) is 0 Å². The molecule has 2 aromatic rings. The van der Waals surface area contributed by atoms with Crippen LogP contribution >= 0.6 is 23.4 Å². The molecule has 1 amide bonds. The highest BCUT2D eigenvalue weighted by Crippen LogP contribution is 2.23. The van der Waals surface area contributed by atoms with Crippen LogP contribution < -0.4 is 10.6 Å². The largest absolute Gasteiger partial charge is 0.348 e. The number of hydrogen-bond donors (Lipinski definition) is 2. The zero-order valence-corrected chi connectivity index (χ0v) is 15.6. The quantitative estimate of drug-likeness (QED) is 0.594. The van der Waals surface area contributed by atoms with Gasteiger partial charge < -0.3 is 5.32 Å². The molecular weight excluding hydrogens is 346 g/mol. The number of amides is 1. The number of nitrogens with zero attached hydrogens (tertiary/aromatic N) is 3. The minimum atomic E-state index is -0.391. The second-order valence-corrected chi connectivity index (χ2v) is 6.81. The van der Waals surface area contributed by atoms with Gasteiger partial charge in [-0.25, -0.2) is 0 Å². The van der Waals surface area contributed by atoms with E-state index in [1.165, 1.54) is 11.8 Å². The predicted octanol–water partition coefficient (Wildman–Crippen LogP) is 4.02. The van der Waals surface area contributed by atoms with E-state index in [2.05, 4.69) is 49.9 Å². The van der Waals surface area contributed by atoms with Crippen molar-refractivity contribution in [2.75, 3.05) is 16.9 Å². The van der Waals surface area contributed by atoms with Crippen LogP contribution in [0.5, 0.6) is 0 Å². The van der Waals surface area contributed by atoms with Crippen LogP contribution in [0, 0.1) is 0 Å². The first-order chi connectivity index (χ1) is 11.4. The van der Waals surface area contributed by atoms with E-state index in [-0.39, 0.29) is 17.9 Å². The molecule has 24 heavy (non-hydrogen) atoms. The number of carbonyl (C=O) groups is 1. The number of rotatable bonds is 6. The number of halogens is 1. The third-order valence-corrected chi connectivity index (χ3v) is 4.20. The highest BCUT2D eigenvalue weighted by atomic mass is 35.5. The Morgan fingerprint density at radius 2 is 1.75 bits per heavy atom. The Hall–Kier alpha value is -1.86. The second-order valence-electron chi connectivity index (χ2n) is 5.28. The summed E-state index contributed by atoms with van der Waals surface area (Å²) in [5.41, 5.74) is 1.11. The molecule has 0 bridgehead atoms. The van der Waals surface area contributed by atoms with E-state index in [0.717, 1.165) is 5.56 Å². The Balaban J connectivity index is 2.22. The fraction of sp³-hybridized carbons (Fsp3) is 0.375. The topological polar surface area (TPSA) is 79.8 Å². The highest BCUT2D eigenvalue weighted by molar-refractivity contribution is 7.98. The minimum absolute atomic E-state index is 0.00744. The van der Waals surface area contributed by atoms with Gasteiger partial charge in [0, 0.05) is 11.8 Å². The van der Waals surface area contributed by atoms with Crippen LogP contribution in [-0.4, -0.2) is 27.1 Å². The first-order valence-corrected chi connectivity index (χ1v) is 9.13. The van der Waals surface area contributed by atoms with Gasteiger partial charge in [0.25, 0.3) is 0 Å². The van der Waals surface area contributed by atoms with Gasteiger partial charge in [-0.2, -0.15) is 15.0 Å². The molecule has 1 aromatic heterocycles. The van der Waals surface area contributed by atoms with Crippen LogP contribution in [0.4, 0.5) is 11.9 Å². The molecule has 0 saturated carbocycles. The maximum atomic E-state index is 11.2. The summed E-state index contributed by atoms with van der Waals surface area (Å²) in [6.07, 6.45) is 2.04. The molecule has 128 valence electrons. The number of alkyl halides is 1. The number of carbonyl (C=O) groups excluding carboxylic acids is 1. The Morgan fingerprint density at radius 3 is 2.29 bits per heavy atom. The molecule has 0 aliphatic carbocycles. The van der Waals surface area contributed by atoms with Crippen LogP contribution in [0.1, 0.15) is 43.6 Å². The van der Waals surface area contributed by atoms with Gasteiger partial charge in [-0.15, -0.1) is 23.4 Å². The lowest BCUT2D eigenvalue weighted by Crippen LogP contribution is -2.16. The van der Waals surface area contributed by atoms with Gasteiger partial charge in [0.05, 0.1) is 11.4 Å². The molecule has 1 aromatic carbocycles. The molecule has 2 atom stereocenters. The van der Waals surface area contributed by atoms with E-state index in [0.29, 0.717) is 11.8 Å². The van der Waals surface area contributed by atoms with Crippen LogP contribution in [0.3, 0.4) is 0 Å². The lowest BCUT2D eigenvalue weighted by molar-refractivity contribution is -0.114. The average Bonchev–Trinajstić information content (AvgIpc) is 2.54. The lowest BCUT2D eigenvalue weighted by atomic mass is 10.1. The van der Waals surface area contributed by atoms with Crippen molar-refractivity contribution < 1.29 is 4.79 Å². The fourth-order valence-electron chi connectivity index (χ4n) is 2.02. The molecular formula is C16H20ClN5OS. The van der Waals surface area contributed by atoms with Crippen molar-refractivity contribution >= 4 is 41.2 Å². The molecule has 2 unspecified atom stereocenters. The van der Waals surface area contributed by atoms with Gasteiger partial charge in [0.2, 0.25) is 17.8 Å². The smallest absolute Gasteiger partial charge is 0.234 e. The summed E-state index contributed by atoms with van der Waals surface area (Å²) < 4.78 is 0. The van der Waals surface area contributed by atoms with E-state index >= 15 is 0 Å². The molecule has 0 radical (unpaired) electrons. The van der Waals surface area contributed by atoms with E-state index in [1.807, 2.05) is 13.2 Å². The van der Waals surface area contributed by atoms with Crippen molar-refractivity contribution in [3.8, 4) is 0 Å². The summed E-state index contributed by atoms with van der Waals surface area (Å²) in [6.45, 7) is 5.18. The number of hydrogen-bond acceptors (Lipinski definition) is 6. The SMILES string of the molecule is CSc1ccc(C(C)Nc2nc(NC(C)=O)nc(C(C)Cl)n2)cc1. The Kier molecular flexibility index (Phi) is 6.39. The van der Waals surface area contributed by atoms with Gasteiger partial charge in [-0.3, -0.25) is 10.1 Å². The van der Waals surface area contributed by atoms with E-state index in [1.54, 1.807) is 18.7 Å². The fourth-order valence-corrected chi connectivity index (χ4v) is 2.52. The van der Waals surface area contributed by atoms with E-state index in [9.17, 15) is 4.79 Å². The molecule has 0 saturated heterocycles. The van der Waals surface area contributed by atoms with E-state index < -0.39 is 5.38 Å². The van der Waals surface area contributed by atoms with Crippen molar-refractivity contribution in [3.05, 3.63) is 35.7 Å².